The Morgan fingerprint density at radius 3 is 2.49 bits per heavy atom. The summed E-state index contributed by atoms with van der Waals surface area (Å²) in [5.74, 6) is 2.01. The molecule has 4 aromatic heterocycles. The van der Waals surface area contributed by atoms with Gasteiger partial charge in [-0.15, -0.1) is 10.2 Å². The van der Waals surface area contributed by atoms with Gasteiger partial charge in [0.1, 0.15) is 12.1 Å². The highest BCUT2D eigenvalue weighted by atomic mass is 19.1. The second-order valence-corrected chi connectivity index (χ2v) is 9.68. The van der Waals surface area contributed by atoms with Crippen LogP contribution in [0.5, 0.6) is 0 Å². The molecule has 0 bridgehead atoms. The van der Waals surface area contributed by atoms with Gasteiger partial charge in [0.2, 0.25) is 5.89 Å². The van der Waals surface area contributed by atoms with Crippen molar-refractivity contribution in [3.63, 3.8) is 0 Å². The molecule has 188 valence electrons. The molecule has 1 aliphatic carbocycles. The van der Waals surface area contributed by atoms with Crippen LogP contribution in [0.1, 0.15) is 47.1 Å². The van der Waals surface area contributed by atoms with Crippen molar-refractivity contribution in [2.75, 3.05) is 0 Å². The molecule has 0 N–H and O–H groups in total. The van der Waals surface area contributed by atoms with Gasteiger partial charge in [-0.25, -0.2) is 19.0 Å². The first-order chi connectivity index (χ1) is 17.9. The second kappa shape index (κ2) is 9.02. The van der Waals surface area contributed by atoms with E-state index in [9.17, 15) is 4.39 Å². The lowest BCUT2D eigenvalue weighted by molar-refractivity contribution is 0.532. The number of aromatic nitrogens is 8. The molecule has 0 saturated heterocycles. The second-order valence-electron chi connectivity index (χ2n) is 9.68. The van der Waals surface area contributed by atoms with Crippen LogP contribution in [0, 0.1) is 39.4 Å². The molecule has 0 amide bonds. The molecule has 0 aliphatic heterocycles. The average molecular weight is 499 g/mol. The van der Waals surface area contributed by atoms with E-state index in [1.54, 1.807) is 30.1 Å². The van der Waals surface area contributed by atoms with Crippen LogP contribution >= 0.6 is 0 Å². The van der Waals surface area contributed by atoms with Crippen molar-refractivity contribution < 1.29 is 8.81 Å². The maximum Gasteiger partial charge on any atom is 0.251 e. The molecular weight excluding hydrogens is 471 g/mol. The molecule has 10 heteroatoms. The van der Waals surface area contributed by atoms with Crippen molar-refractivity contribution >= 4 is 0 Å². The van der Waals surface area contributed by atoms with Crippen LogP contribution in [0.25, 0.3) is 28.5 Å². The quantitative estimate of drug-likeness (QED) is 0.313. The maximum absolute atomic E-state index is 13.5. The summed E-state index contributed by atoms with van der Waals surface area (Å²) in [4.78, 5) is 9.06. The molecule has 6 rings (SSSR count). The fourth-order valence-corrected chi connectivity index (χ4v) is 4.73. The van der Waals surface area contributed by atoms with Crippen molar-refractivity contribution in [1.82, 2.24) is 39.7 Å². The lowest BCUT2D eigenvalue weighted by atomic mass is 10.0. The van der Waals surface area contributed by atoms with E-state index in [4.69, 9.17) is 14.6 Å². The van der Waals surface area contributed by atoms with E-state index in [2.05, 4.69) is 31.8 Å². The van der Waals surface area contributed by atoms with Gasteiger partial charge in [-0.3, -0.25) is 4.68 Å². The Labute approximate surface area is 213 Å². The van der Waals surface area contributed by atoms with Crippen LogP contribution in [0.15, 0.2) is 41.1 Å². The molecule has 1 aliphatic rings. The number of halogens is 1. The Morgan fingerprint density at radius 2 is 1.78 bits per heavy atom. The highest BCUT2D eigenvalue weighted by molar-refractivity contribution is 5.64. The molecule has 0 radical (unpaired) electrons. The van der Waals surface area contributed by atoms with E-state index in [1.165, 1.54) is 25.0 Å². The minimum Gasteiger partial charge on any atom is -0.421 e. The minimum absolute atomic E-state index is 0.255. The lowest BCUT2D eigenvalue weighted by Gasteiger charge is -2.09. The minimum atomic E-state index is -0.255. The van der Waals surface area contributed by atoms with Gasteiger partial charge in [0.15, 0.2) is 5.82 Å². The van der Waals surface area contributed by atoms with Crippen LogP contribution < -0.4 is 0 Å². The number of rotatable bonds is 7. The van der Waals surface area contributed by atoms with E-state index in [0.717, 1.165) is 51.7 Å². The van der Waals surface area contributed by atoms with E-state index in [0.29, 0.717) is 29.9 Å². The number of benzene rings is 1. The summed E-state index contributed by atoms with van der Waals surface area (Å²) in [6.07, 6.45) is 4.61. The average Bonchev–Trinajstić information content (AvgIpc) is 3.42. The zero-order valence-corrected chi connectivity index (χ0v) is 21.2. The summed E-state index contributed by atoms with van der Waals surface area (Å²) >= 11 is 0. The molecule has 37 heavy (non-hydrogen) atoms. The standard InChI is InChI=1S/C27H27FN8O/c1-15-23(35(13-19-5-6-19)34-26(15)20-7-9-21(28)10-8-20)11-22-12-24(30-14-29-22)36-17(3)25(16(2)33-36)27-32-31-18(4)37-27/h7-10,12,14,19H,5-6,11,13H2,1-4H3. The van der Waals surface area contributed by atoms with Crippen LogP contribution in [0.2, 0.25) is 0 Å². The monoisotopic (exact) mass is 498 g/mol. The summed E-state index contributed by atoms with van der Waals surface area (Å²) in [6, 6.07) is 8.47. The first-order valence-corrected chi connectivity index (χ1v) is 12.4. The molecule has 1 fully saturated rings. The Hall–Kier alpha value is -4.21. The fourth-order valence-electron chi connectivity index (χ4n) is 4.73. The highest BCUT2D eigenvalue weighted by Gasteiger charge is 2.26. The molecule has 4 heterocycles. The third-order valence-corrected chi connectivity index (χ3v) is 6.87. The van der Waals surface area contributed by atoms with Gasteiger partial charge in [-0.05, 0) is 69.4 Å². The van der Waals surface area contributed by atoms with Crippen molar-refractivity contribution in [3.05, 3.63) is 76.7 Å². The van der Waals surface area contributed by atoms with E-state index < -0.39 is 0 Å². The van der Waals surface area contributed by atoms with Crippen molar-refractivity contribution in [3.8, 4) is 28.5 Å². The topological polar surface area (TPSA) is 100 Å². The maximum atomic E-state index is 13.5. The Bertz CT molecular complexity index is 1590. The normalized spacial score (nSPS) is 13.4. The summed E-state index contributed by atoms with van der Waals surface area (Å²) in [5, 5.41) is 17.8. The summed E-state index contributed by atoms with van der Waals surface area (Å²) in [7, 11) is 0. The van der Waals surface area contributed by atoms with Gasteiger partial charge < -0.3 is 4.42 Å². The Balaban J connectivity index is 1.35. The molecule has 5 aromatic rings. The molecule has 1 aromatic carbocycles. The van der Waals surface area contributed by atoms with E-state index >= 15 is 0 Å². The predicted molar refractivity (Wildman–Crippen MR) is 135 cm³/mol. The number of nitrogens with zero attached hydrogens (tertiary/aromatic N) is 8. The van der Waals surface area contributed by atoms with E-state index in [1.807, 2.05) is 19.9 Å². The van der Waals surface area contributed by atoms with Gasteiger partial charge in [0.25, 0.3) is 5.89 Å². The number of aryl methyl sites for hydroxylation is 2. The van der Waals surface area contributed by atoms with Crippen molar-refractivity contribution in [2.45, 2.75) is 53.5 Å². The van der Waals surface area contributed by atoms with Crippen LogP contribution in [-0.4, -0.2) is 39.7 Å². The van der Waals surface area contributed by atoms with E-state index in [-0.39, 0.29) is 5.82 Å². The first-order valence-electron chi connectivity index (χ1n) is 12.4. The SMILES string of the molecule is Cc1nnc(-c2c(C)nn(-c3cc(Cc4c(C)c(-c5ccc(F)cc5)nn4CC4CC4)ncn3)c2C)o1. The zero-order valence-electron chi connectivity index (χ0n) is 21.2. The van der Waals surface area contributed by atoms with Crippen LogP contribution in [-0.2, 0) is 13.0 Å². The van der Waals surface area contributed by atoms with Crippen molar-refractivity contribution in [1.29, 1.82) is 0 Å². The molecule has 0 atom stereocenters. The van der Waals surface area contributed by atoms with Gasteiger partial charge in [-0.1, -0.05) is 0 Å². The van der Waals surface area contributed by atoms with Crippen LogP contribution in [0.3, 0.4) is 0 Å². The van der Waals surface area contributed by atoms with Gasteiger partial charge in [-0.2, -0.15) is 10.2 Å². The predicted octanol–water partition coefficient (Wildman–Crippen LogP) is 4.95. The summed E-state index contributed by atoms with van der Waals surface area (Å²) < 4.78 is 23.1. The first kappa shape index (κ1) is 23.2. The molecule has 0 spiro atoms. The van der Waals surface area contributed by atoms with Crippen LogP contribution in [0.4, 0.5) is 4.39 Å². The molecule has 0 unspecified atom stereocenters. The number of hydrogen-bond acceptors (Lipinski definition) is 7. The number of hydrogen-bond donors (Lipinski definition) is 0. The van der Waals surface area contributed by atoms with Gasteiger partial charge >= 0.3 is 0 Å². The van der Waals surface area contributed by atoms with Crippen molar-refractivity contribution in [2.24, 2.45) is 5.92 Å². The molecule has 1 saturated carbocycles. The Morgan fingerprint density at radius 1 is 1.00 bits per heavy atom. The Kier molecular flexibility index (Phi) is 5.66. The smallest absolute Gasteiger partial charge is 0.251 e. The highest BCUT2D eigenvalue weighted by Crippen LogP contribution is 2.34. The zero-order chi connectivity index (χ0) is 25.7. The third kappa shape index (κ3) is 4.43. The summed E-state index contributed by atoms with van der Waals surface area (Å²) in [5.41, 5.74) is 7.27. The van der Waals surface area contributed by atoms with Gasteiger partial charge in [0.05, 0.1) is 28.3 Å². The lowest BCUT2D eigenvalue weighted by Crippen LogP contribution is -2.10. The largest absolute Gasteiger partial charge is 0.421 e. The third-order valence-electron chi connectivity index (χ3n) is 6.87. The summed E-state index contributed by atoms with van der Waals surface area (Å²) in [6.45, 7) is 8.59. The van der Waals surface area contributed by atoms with Gasteiger partial charge in [0, 0.05) is 37.2 Å². The fraction of sp³-hybridized carbons (Fsp3) is 0.333. The molecule has 9 nitrogen and oxygen atoms in total. The molecular formula is C27H27FN8O.